The molecule has 0 aliphatic carbocycles. The molecule has 0 saturated carbocycles. The minimum Gasteiger partial charge on any atom is -0.379 e. The SMILES string of the molecule is CO[Si](CCCOCC1CO1)(OC)OC.c1ccccc1. The lowest BCUT2D eigenvalue weighted by molar-refractivity contribution is 0.100. The molecule has 0 amide bonds. The largest absolute Gasteiger partial charge is 0.500 e. The number of hydrogen-bond acceptors (Lipinski definition) is 5. The molecule has 0 N–H and O–H groups in total. The van der Waals surface area contributed by atoms with Crippen LogP contribution in [-0.4, -0.2) is 56.1 Å². The average molecular weight is 314 g/mol. The molecule has 0 spiro atoms. The minimum atomic E-state index is -2.39. The average Bonchev–Trinajstić information content (AvgIpc) is 3.38. The summed E-state index contributed by atoms with van der Waals surface area (Å²) in [6.45, 7) is 2.24. The van der Waals surface area contributed by atoms with E-state index in [0.29, 0.717) is 19.3 Å². The summed E-state index contributed by atoms with van der Waals surface area (Å²) >= 11 is 0. The first-order valence-electron chi connectivity index (χ1n) is 7.11. The molecule has 5 nitrogen and oxygen atoms in total. The Morgan fingerprint density at radius 2 is 1.43 bits per heavy atom. The first-order chi connectivity index (χ1) is 10.3. The Kier molecular flexibility index (Phi) is 9.48. The quantitative estimate of drug-likeness (QED) is 0.398. The van der Waals surface area contributed by atoms with Crippen LogP contribution in [0.1, 0.15) is 6.42 Å². The van der Waals surface area contributed by atoms with Gasteiger partial charge in [-0.25, -0.2) is 0 Å². The summed E-state index contributed by atoms with van der Waals surface area (Å²) in [5, 5.41) is 0. The van der Waals surface area contributed by atoms with Gasteiger partial charge in [0.25, 0.3) is 0 Å². The predicted octanol–water partition coefficient (Wildman–Crippen LogP) is 2.36. The Morgan fingerprint density at radius 3 is 1.81 bits per heavy atom. The molecule has 1 unspecified atom stereocenters. The van der Waals surface area contributed by atoms with E-state index < -0.39 is 8.80 Å². The molecule has 1 aliphatic heterocycles. The molecule has 0 bridgehead atoms. The van der Waals surface area contributed by atoms with Crippen molar-refractivity contribution in [1.82, 2.24) is 0 Å². The van der Waals surface area contributed by atoms with Gasteiger partial charge in [-0.15, -0.1) is 0 Å². The zero-order valence-electron chi connectivity index (χ0n) is 13.1. The maximum absolute atomic E-state index is 5.42. The van der Waals surface area contributed by atoms with Gasteiger partial charge in [0.2, 0.25) is 0 Å². The Bertz CT molecular complexity index is 306. The van der Waals surface area contributed by atoms with E-state index in [2.05, 4.69) is 0 Å². The topological polar surface area (TPSA) is 49.5 Å². The van der Waals surface area contributed by atoms with Gasteiger partial charge < -0.3 is 22.8 Å². The number of benzene rings is 1. The Labute approximate surface area is 128 Å². The van der Waals surface area contributed by atoms with E-state index in [9.17, 15) is 0 Å². The first kappa shape index (κ1) is 18.3. The summed E-state index contributed by atoms with van der Waals surface area (Å²) in [6, 6.07) is 12.8. The number of rotatable bonds is 9. The zero-order chi connectivity index (χ0) is 15.4. The van der Waals surface area contributed by atoms with Crippen LogP contribution in [0.3, 0.4) is 0 Å². The second-order valence-electron chi connectivity index (χ2n) is 4.58. The van der Waals surface area contributed by atoms with Gasteiger partial charge in [0.15, 0.2) is 0 Å². The van der Waals surface area contributed by atoms with Gasteiger partial charge in [-0.2, -0.15) is 0 Å². The third-order valence-electron chi connectivity index (χ3n) is 3.08. The summed E-state index contributed by atoms with van der Waals surface area (Å²) in [5.74, 6) is 0. The van der Waals surface area contributed by atoms with Crippen molar-refractivity contribution < 1.29 is 22.8 Å². The lowest BCUT2D eigenvalue weighted by Crippen LogP contribution is -2.42. The second kappa shape index (κ2) is 10.9. The molecule has 1 aromatic carbocycles. The molecular formula is C15H26O5Si. The molecule has 21 heavy (non-hydrogen) atoms. The van der Waals surface area contributed by atoms with E-state index in [-0.39, 0.29) is 0 Å². The molecule has 0 aromatic heterocycles. The molecule has 2 rings (SSSR count). The standard InChI is InChI=1S/C9H20O5Si.C6H6/c1-10-15(11-2,12-3)6-4-5-13-7-9-8-14-9;1-2-4-6-5-3-1/h9H,4-8H2,1-3H3;1-6H. The van der Waals surface area contributed by atoms with Crippen LogP contribution in [0.2, 0.25) is 6.04 Å². The minimum absolute atomic E-state index is 0.333. The van der Waals surface area contributed by atoms with Crippen molar-refractivity contribution in [2.24, 2.45) is 0 Å². The fourth-order valence-electron chi connectivity index (χ4n) is 1.71. The van der Waals surface area contributed by atoms with Gasteiger partial charge in [-0.3, -0.25) is 0 Å². The van der Waals surface area contributed by atoms with Gasteiger partial charge in [-0.1, -0.05) is 36.4 Å². The lowest BCUT2D eigenvalue weighted by Gasteiger charge is -2.24. The normalized spacial score (nSPS) is 17.0. The van der Waals surface area contributed by atoms with Crippen molar-refractivity contribution in [3.8, 4) is 0 Å². The summed E-state index contributed by atoms with van der Waals surface area (Å²) in [5.41, 5.74) is 0. The monoisotopic (exact) mass is 314 g/mol. The van der Waals surface area contributed by atoms with Crippen molar-refractivity contribution in [2.75, 3.05) is 41.2 Å². The van der Waals surface area contributed by atoms with Crippen LogP contribution in [0.4, 0.5) is 0 Å². The molecule has 1 saturated heterocycles. The summed E-state index contributed by atoms with van der Waals surface area (Å²) in [6.07, 6.45) is 1.22. The predicted molar refractivity (Wildman–Crippen MR) is 83.2 cm³/mol. The Morgan fingerprint density at radius 1 is 0.952 bits per heavy atom. The van der Waals surface area contributed by atoms with E-state index >= 15 is 0 Å². The van der Waals surface area contributed by atoms with Crippen LogP contribution in [0, 0.1) is 0 Å². The highest BCUT2D eigenvalue weighted by molar-refractivity contribution is 6.60. The van der Waals surface area contributed by atoms with Crippen molar-refractivity contribution in [2.45, 2.75) is 18.6 Å². The zero-order valence-corrected chi connectivity index (χ0v) is 14.1. The summed E-state index contributed by atoms with van der Waals surface area (Å²) in [7, 11) is 2.48. The highest BCUT2D eigenvalue weighted by Crippen LogP contribution is 2.15. The number of hydrogen-bond donors (Lipinski definition) is 0. The Hall–Kier alpha value is -0.763. The van der Waals surface area contributed by atoms with Crippen LogP contribution in [0.15, 0.2) is 36.4 Å². The molecule has 1 fully saturated rings. The van der Waals surface area contributed by atoms with Crippen LogP contribution < -0.4 is 0 Å². The molecule has 0 radical (unpaired) electrons. The smallest absolute Gasteiger partial charge is 0.379 e. The second-order valence-corrected chi connectivity index (χ2v) is 7.67. The van der Waals surface area contributed by atoms with Crippen LogP contribution in [0.5, 0.6) is 0 Å². The highest BCUT2D eigenvalue weighted by Gasteiger charge is 2.36. The highest BCUT2D eigenvalue weighted by atomic mass is 28.4. The first-order valence-corrected chi connectivity index (χ1v) is 9.04. The maximum atomic E-state index is 5.42. The summed E-state index contributed by atoms with van der Waals surface area (Å²) in [4.78, 5) is 0. The van der Waals surface area contributed by atoms with E-state index in [1.165, 1.54) is 0 Å². The molecular weight excluding hydrogens is 288 g/mol. The van der Waals surface area contributed by atoms with Crippen LogP contribution >= 0.6 is 0 Å². The summed E-state index contributed by atoms with van der Waals surface area (Å²) < 4.78 is 26.3. The Balaban J connectivity index is 0.000000304. The van der Waals surface area contributed by atoms with Crippen LogP contribution in [-0.2, 0) is 22.8 Å². The third kappa shape index (κ3) is 8.30. The van der Waals surface area contributed by atoms with Gasteiger partial charge in [-0.05, 0) is 6.42 Å². The van der Waals surface area contributed by atoms with Crippen molar-refractivity contribution in [3.05, 3.63) is 36.4 Å². The number of ether oxygens (including phenoxy) is 2. The van der Waals surface area contributed by atoms with E-state index in [1.807, 2.05) is 36.4 Å². The fourth-order valence-corrected chi connectivity index (χ4v) is 3.40. The van der Waals surface area contributed by atoms with Crippen LogP contribution in [0.25, 0.3) is 0 Å². The lowest BCUT2D eigenvalue weighted by atomic mass is 10.4. The van der Waals surface area contributed by atoms with E-state index in [4.69, 9.17) is 22.8 Å². The molecule has 1 aliphatic rings. The van der Waals surface area contributed by atoms with Crippen molar-refractivity contribution >= 4 is 8.80 Å². The molecule has 1 heterocycles. The number of epoxide rings is 1. The van der Waals surface area contributed by atoms with Gasteiger partial charge in [0.1, 0.15) is 6.10 Å². The fraction of sp³-hybridized carbons (Fsp3) is 0.600. The molecule has 1 atom stereocenters. The molecule has 6 heteroatoms. The third-order valence-corrected chi connectivity index (χ3v) is 5.91. The van der Waals surface area contributed by atoms with Crippen molar-refractivity contribution in [3.63, 3.8) is 0 Å². The van der Waals surface area contributed by atoms with Gasteiger partial charge >= 0.3 is 8.80 Å². The van der Waals surface area contributed by atoms with E-state index in [0.717, 1.165) is 19.1 Å². The van der Waals surface area contributed by atoms with Gasteiger partial charge in [0, 0.05) is 34.0 Å². The van der Waals surface area contributed by atoms with Crippen molar-refractivity contribution in [1.29, 1.82) is 0 Å². The van der Waals surface area contributed by atoms with E-state index in [1.54, 1.807) is 21.3 Å². The maximum Gasteiger partial charge on any atom is 0.500 e. The molecule has 120 valence electrons. The van der Waals surface area contributed by atoms with Gasteiger partial charge in [0.05, 0.1) is 13.2 Å². The molecule has 1 aromatic rings.